The Morgan fingerprint density at radius 3 is 2.75 bits per heavy atom. The largest absolute Gasteiger partial charge is 0.382 e. The van der Waals surface area contributed by atoms with Crippen LogP contribution in [-0.4, -0.2) is 21.5 Å². The second-order valence-corrected chi connectivity index (χ2v) is 4.30. The highest BCUT2D eigenvalue weighted by molar-refractivity contribution is 6.03. The van der Waals surface area contributed by atoms with E-state index in [1.165, 1.54) is 13.8 Å². The summed E-state index contributed by atoms with van der Waals surface area (Å²) in [5, 5.41) is 10.6. The summed E-state index contributed by atoms with van der Waals surface area (Å²) in [5.74, 6) is -0.292. The number of pyridine rings is 1. The van der Waals surface area contributed by atoms with E-state index >= 15 is 0 Å². The fourth-order valence-corrected chi connectivity index (χ4v) is 1.56. The molecular weight excluding hydrogens is 202 g/mol. The van der Waals surface area contributed by atoms with Crippen LogP contribution in [0.15, 0.2) is 36.5 Å². The molecular formula is C13H13NO2. The van der Waals surface area contributed by atoms with E-state index in [2.05, 4.69) is 4.98 Å². The summed E-state index contributed by atoms with van der Waals surface area (Å²) in [6.07, 6.45) is 1.68. The zero-order valence-electron chi connectivity index (χ0n) is 9.27. The van der Waals surface area contributed by atoms with E-state index in [0.29, 0.717) is 5.56 Å². The van der Waals surface area contributed by atoms with Gasteiger partial charge in [0.15, 0.2) is 5.78 Å². The average Bonchev–Trinajstić information content (AvgIpc) is 2.26. The van der Waals surface area contributed by atoms with Gasteiger partial charge in [0.05, 0.1) is 5.52 Å². The number of ketones is 1. The van der Waals surface area contributed by atoms with Crippen molar-refractivity contribution in [1.82, 2.24) is 4.98 Å². The van der Waals surface area contributed by atoms with Crippen molar-refractivity contribution in [3.63, 3.8) is 0 Å². The van der Waals surface area contributed by atoms with Crippen molar-refractivity contribution in [3.8, 4) is 0 Å². The highest BCUT2D eigenvalue weighted by Gasteiger charge is 2.25. The summed E-state index contributed by atoms with van der Waals surface area (Å²) < 4.78 is 0. The number of carbonyl (C=O) groups is 1. The van der Waals surface area contributed by atoms with Gasteiger partial charge in [-0.25, -0.2) is 0 Å². The number of benzene rings is 1. The van der Waals surface area contributed by atoms with Crippen molar-refractivity contribution < 1.29 is 9.90 Å². The van der Waals surface area contributed by atoms with Gasteiger partial charge in [0, 0.05) is 17.1 Å². The second kappa shape index (κ2) is 3.68. The fraction of sp³-hybridized carbons (Fsp3) is 0.231. The minimum absolute atomic E-state index is 0.292. The molecule has 0 radical (unpaired) electrons. The van der Waals surface area contributed by atoms with Gasteiger partial charge in [-0.1, -0.05) is 18.2 Å². The molecule has 16 heavy (non-hydrogen) atoms. The molecule has 2 rings (SSSR count). The molecule has 0 aliphatic rings. The van der Waals surface area contributed by atoms with Crippen LogP contribution in [0.5, 0.6) is 0 Å². The van der Waals surface area contributed by atoms with E-state index in [4.69, 9.17) is 0 Å². The Labute approximate surface area is 93.7 Å². The number of fused-ring (bicyclic) bond motifs is 1. The average molecular weight is 215 g/mol. The zero-order valence-corrected chi connectivity index (χ0v) is 9.27. The molecule has 0 amide bonds. The number of nitrogens with zero attached hydrogens (tertiary/aromatic N) is 1. The number of aliphatic hydroxyl groups is 1. The van der Waals surface area contributed by atoms with E-state index in [0.717, 1.165) is 10.9 Å². The van der Waals surface area contributed by atoms with Crippen LogP contribution in [0.1, 0.15) is 24.2 Å². The standard InChI is InChI=1S/C13H13NO2/c1-13(2,16)12(15)10-6-5-9-4-3-7-14-11(9)8-10/h3-8,16H,1-2H3. The highest BCUT2D eigenvalue weighted by Crippen LogP contribution is 2.17. The van der Waals surface area contributed by atoms with Crippen LogP contribution in [0.2, 0.25) is 0 Å². The third-order valence-electron chi connectivity index (χ3n) is 2.42. The first-order chi connectivity index (χ1) is 7.48. The molecule has 1 N–H and O–H groups in total. The van der Waals surface area contributed by atoms with E-state index < -0.39 is 5.60 Å². The van der Waals surface area contributed by atoms with E-state index in [1.807, 2.05) is 18.2 Å². The van der Waals surface area contributed by atoms with Crippen molar-refractivity contribution in [1.29, 1.82) is 0 Å². The van der Waals surface area contributed by atoms with Crippen molar-refractivity contribution >= 4 is 16.7 Å². The van der Waals surface area contributed by atoms with Gasteiger partial charge in [-0.15, -0.1) is 0 Å². The maximum atomic E-state index is 11.8. The molecule has 0 fully saturated rings. The van der Waals surface area contributed by atoms with Crippen LogP contribution in [0, 0.1) is 0 Å². The minimum Gasteiger partial charge on any atom is -0.382 e. The molecule has 0 saturated heterocycles. The Hall–Kier alpha value is -1.74. The van der Waals surface area contributed by atoms with Gasteiger partial charge in [0.2, 0.25) is 0 Å². The molecule has 0 spiro atoms. The first-order valence-corrected chi connectivity index (χ1v) is 5.10. The Kier molecular flexibility index (Phi) is 2.48. The molecule has 0 unspecified atom stereocenters. The number of rotatable bonds is 2. The summed E-state index contributed by atoms with van der Waals surface area (Å²) in [6, 6.07) is 9.03. The molecule has 82 valence electrons. The molecule has 1 aromatic carbocycles. The van der Waals surface area contributed by atoms with Crippen LogP contribution in [0.4, 0.5) is 0 Å². The number of carbonyl (C=O) groups excluding carboxylic acids is 1. The number of Topliss-reactive ketones (excluding diaryl/α,β-unsaturated/α-hetero) is 1. The van der Waals surface area contributed by atoms with Crippen molar-refractivity contribution in [3.05, 3.63) is 42.1 Å². The van der Waals surface area contributed by atoms with E-state index in [-0.39, 0.29) is 5.78 Å². The van der Waals surface area contributed by atoms with Gasteiger partial charge in [-0.3, -0.25) is 9.78 Å². The first-order valence-electron chi connectivity index (χ1n) is 5.10. The maximum Gasteiger partial charge on any atom is 0.193 e. The molecule has 3 heteroatoms. The van der Waals surface area contributed by atoms with Crippen LogP contribution < -0.4 is 0 Å². The summed E-state index contributed by atoms with van der Waals surface area (Å²) in [4.78, 5) is 16.0. The third-order valence-corrected chi connectivity index (χ3v) is 2.42. The van der Waals surface area contributed by atoms with Crippen LogP contribution >= 0.6 is 0 Å². The third kappa shape index (κ3) is 1.95. The van der Waals surface area contributed by atoms with Gasteiger partial charge >= 0.3 is 0 Å². The maximum absolute atomic E-state index is 11.8. The number of aromatic nitrogens is 1. The lowest BCUT2D eigenvalue weighted by Gasteiger charge is -2.15. The molecule has 0 aliphatic carbocycles. The fourth-order valence-electron chi connectivity index (χ4n) is 1.56. The van der Waals surface area contributed by atoms with Gasteiger partial charge in [0.1, 0.15) is 5.60 Å². The van der Waals surface area contributed by atoms with Gasteiger partial charge in [0.25, 0.3) is 0 Å². The summed E-state index contributed by atoms with van der Waals surface area (Å²) in [6.45, 7) is 2.97. The second-order valence-electron chi connectivity index (χ2n) is 4.30. The van der Waals surface area contributed by atoms with Gasteiger partial charge < -0.3 is 5.11 Å². The van der Waals surface area contributed by atoms with Gasteiger partial charge in [-0.05, 0) is 26.0 Å². The molecule has 0 aliphatic heterocycles. The zero-order chi connectivity index (χ0) is 11.8. The lowest BCUT2D eigenvalue weighted by Crippen LogP contribution is -2.31. The Morgan fingerprint density at radius 2 is 2.06 bits per heavy atom. The molecule has 1 aromatic heterocycles. The molecule has 1 heterocycles. The predicted molar refractivity (Wildman–Crippen MR) is 62.4 cm³/mol. The molecule has 0 bridgehead atoms. The highest BCUT2D eigenvalue weighted by atomic mass is 16.3. The van der Waals surface area contributed by atoms with Crippen molar-refractivity contribution in [2.45, 2.75) is 19.4 Å². The molecule has 3 nitrogen and oxygen atoms in total. The first kappa shape index (κ1) is 10.8. The Bertz CT molecular complexity index is 541. The normalized spacial score (nSPS) is 11.7. The minimum atomic E-state index is -1.34. The van der Waals surface area contributed by atoms with Crippen molar-refractivity contribution in [2.24, 2.45) is 0 Å². The topological polar surface area (TPSA) is 50.2 Å². The predicted octanol–water partition coefficient (Wildman–Crippen LogP) is 2.19. The van der Waals surface area contributed by atoms with E-state index in [9.17, 15) is 9.90 Å². The van der Waals surface area contributed by atoms with E-state index in [1.54, 1.807) is 18.3 Å². The van der Waals surface area contributed by atoms with Crippen LogP contribution in [-0.2, 0) is 0 Å². The quantitative estimate of drug-likeness (QED) is 0.781. The van der Waals surface area contributed by atoms with Crippen molar-refractivity contribution in [2.75, 3.05) is 0 Å². The van der Waals surface area contributed by atoms with Gasteiger partial charge in [-0.2, -0.15) is 0 Å². The summed E-state index contributed by atoms with van der Waals surface area (Å²) >= 11 is 0. The number of hydrogen-bond acceptors (Lipinski definition) is 3. The summed E-state index contributed by atoms with van der Waals surface area (Å²) in [7, 11) is 0. The SMILES string of the molecule is CC(C)(O)C(=O)c1ccc2cccnc2c1. The summed E-state index contributed by atoms with van der Waals surface area (Å²) in [5.41, 5.74) is -0.0982. The molecule has 2 aromatic rings. The van der Waals surface area contributed by atoms with Crippen LogP contribution in [0.25, 0.3) is 10.9 Å². The molecule has 0 atom stereocenters. The monoisotopic (exact) mass is 215 g/mol. The molecule has 0 saturated carbocycles. The lowest BCUT2D eigenvalue weighted by molar-refractivity contribution is 0.0488. The Morgan fingerprint density at radius 1 is 1.31 bits per heavy atom. The smallest absolute Gasteiger partial charge is 0.193 e. The number of hydrogen-bond donors (Lipinski definition) is 1. The van der Waals surface area contributed by atoms with Crippen LogP contribution in [0.3, 0.4) is 0 Å². The Balaban J connectivity index is 2.52. The lowest BCUT2D eigenvalue weighted by atomic mass is 9.96.